The fraction of sp³-hybridized carbons (Fsp3) is 0.917. The summed E-state index contributed by atoms with van der Waals surface area (Å²) in [7, 11) is 0. The fourth-order valence-electron chi connectivity index (χ4n) is 2.10. The van der Waals surface area contributed by atoms with E-state index in [1.165, 1.54) is 0 Å². The molecule has 1 saturated heterocycles. The highest BCUT2D eigenvalue weighted by Crippen LogP contribution is 2.28. The van der Waals surface area contributed by atoms with Crippen LogP contribution >= 0.6 is 0 Å². The lowest BCUT2D eigenvalue weighted by Crippen LogP contribution is -2.41. The quantitative estimate of drug-likeness (QED) is 0.873. The van der Waals surface area contributed by atoms with Crippen molar-refractivity contribution in [3.63, 3.8) is 0 Å². The molecule has 0 saturated carbocycles. The molecule has 1 fully saturated rings. The van der Waals surface area contributed by atoms with Gasteiger partial charge in [-0.05, 0) is 51.0 Å². The van der Waals surface area contributed by atoms with E-state index >= 15 is 0 Å². The Kier molecular flexibility index (Phi) is 3.68. The van der Waals surface area contributed by atoms with Gasteiger partial charge in [0.1, 0.15) is 0 Å². The zero-order valence-electron chi connectivity index (χ0n) is 11.7. The van der Waals surface area contributed by atoms with Gasteiger partial charge in [0.05, 0.1) is 12.1 Å². The van der Waals surface area contributed by atoms with Gasteiger partial charge in [-0.2, -0.15) is 0 Å². The summed E-state index contributed by atoms with van der Waals surface area (Å²) in [6, 6.07) is 0. The van der Waals surface area contributed by atoms with Gasteiger partial charge in [0.15, 0.2) is 5.82 Å². The van der Waals surface area contributed by atoms with E-state index in [0.29, 0.717) is 6.54 Å². The molecule has 0 radical (unpaired) electrons. The SMILES string of the molecule is CC(C)(C)NCc1nnnn1C1(C)CCOCC1. The largest absolute Gasteiger partial charge is 0.381 e. The van der Waals surface area contributed by atoms with Crippen LogP contribution in [0, 0.1) is 0 Å². The molecule has 1 aromatic rings. The molecule has 0 aromatic carbocycles. The van der Waals surface area contributed by atoms with Crippen LogP contribution in [-0.4, -0.2) is 39.0 Å². The molecule has 18 heavy (non-hydrogen) atoms. The number of ether oxygens (including phenoxy) is 1. The Balaban J connectivity index is 2.11. The Labute approximate surface area is 108 Å². The average molecular weight is 253 g/mol. The predicted octanol–water partition coefficient (Wildman–Crippen LogP) is 1.09. The first kappa shape index (κ1) is 13.4. The number of tetrazole rings is 1. The predicted molar refractivity (Wildman–Crippen MR) is 68.1 cm³/mol. The minimum atomic E-state index is -0.0172. The van der Waals surface area contributed by atoms with E-state index in [2.05, 4.69) is 48.5 Å². The van der Waals surface area contributed by atoms with Gasteiger partial charge in [-0.15, -0.1) is 5.10 Å². The molecule has 6 heteroatoms. The highest BCUT2D eigenvalue weighted by atomic mass is 16.5. The van der Waals surface area contributed by atoms with Crippen LogP contribution in [0.4, 0.5) is 0 Å². The highest BCUT2D eigenvalue weighted by Gasteiger charge is 2.32. The second-order valence-corrected chi connectivity index (χ2v) is 6.22. The molecule has 0 bridgehead atoms. The van der Waals surface area contributed by atoms with Crippen molar-refractivity contribution in [3.05, 3.63) is 5.82 Å². The van der Waals surface area contributed by atoms with Gasteiger partial charge in [0, 0.05) is 18.8 Å². The molecule has 2 heterocycles. The average Bonchev–Trinajstić information content (AvgIpc) is 2.75. The topological polar surface area (TPSA) is 64.9 Å². The molecule has 1 aromatic heterocycles. The molecule has 0 aliphatic carbocycles. The van der Waals surface area contributed by atoms with Crippen LogP contribution in [0.5, 0.6) is 0 Å². The standard InChI is InChI=1S/C12H23N5O/c1-11(2,3)13-9-10-14-15-16-17(10)12(4)5-7-18-8-6-12/h13H,5-9H2,1-4H3. The maximum absolute atomic E-state index is 5.42. The minimum absolute atomic E-state index is 0.0172. The molecule has 102 valence electrons. The van der Waals surface area contributed by atoms with Crippen molar-refractivity contribution >= 4 is 0 Å². The second kappa shape index (κ2) is 4.93. The van der Waals surface area contributed by atoms with E-state index in [9.17, 15) is 0 Å². The highest BCUT2D eigenvalue weighted by molar-refractivity contribution is 4.92. The maximum atomic E-state index is 5.42. The van der Waals surface area contributed by atoms with Gasteiger partial charge >= 0.3 is 0 Å². The number of rotatable bonds is 3. The molecule has 1 aliphatic rings. The number of hydrogen-bond donors (Lipinski definition) is 1. The summed E-state index contributed by atoms with van der Waals surface area (Å²) in [5.74, 6) is 0.898. The Morgan fingerprint density at radius 3 is 2.61 bits per heavy atom. The Morgan fingerprint density at radius 2 is 2.00 bits per heavy atom. The van der Waals surface area contributed by atoms with Gasteiger partial charge in [0.2, 0.25) is 0 Å². The molecule has 6 nitrogen and oxygen atoms in total. The monoisotopic (exact) mass is 253 g/mol. The number of hydrogen-bond acceptors (Lipinski definition) is 5. The van der Waals surface area contributed by atoms with Crippen molar-refractivity contribution in [2.75, 3.05) is 13.2 Å². The zero-order chi connectivity index (χ0) is 13.2. The minimum Gasteiger partial charge on any atom is -0.381 e. The first-order valence-corrected chi connectivity index (χ1v) is 6.51. The summed E-state index contributed by atoms with van der Waals surface area (Å²) in [5.41, 5.74) is 0.0456. The van der Waals surface area contributed by atoms with Gasteiger partial charge in [-0.25, -0.2) is 4.68 Å². The van der Waals surface area contributed by atoms with Crippen molar-refractivity contribution in [2.24, 2.45) is 0 Å². The molecular formula is C12H23N5O. The summed E-state index contributed by atoms with van der Waals surface area (Å²) in [5, 5.41) is 15.6. The third-order valence-electron chi connectivity index (χ3n) is 3.39. The van der Waals surface area contributed by atoms with Gasteiger partial charge < -0.3 is 10.1 Å². The van der Waals surface area contributed by atoms with E-state index in [1.807, 2.05) is 4.68 Å². The van der Waals surface area contributed by atoms with Crippen LogP contribution in [0.1, 0.15) is 46.4 Å². The molecule has 0 spiro atoms. The fourth-order valence-corrected chi connectivity index (χ4v) is 2.10. The summed E-state index contributed by atoms with van der Waals surface area (Å²) in [6.45, 7) is 10.9. The molecule has 1 N–H and O–H groups in total. The van der Waals surface area contributed by atoms with Crippen molar-refractivity contribution in [1.29, 1.82) is 0 Å². The lowest BCUT2D eigenvalue weighted by molar-refractivity contribution is 0.0216. The van der Waals surface area contributed by atoms with Crippen molar-refractivity contribution in [2.45, 2.75) is 58.2 Å². The van der Waals surface area contributed by atoms with E-state index in [0.717, 1.165) is 31.9 Å². The lowest BCUT2D eigenvalue weighted by Gasteiger charge is -2.34. The van der Waals surface area contributed by atoms with Crippen LogP contribution in [-0.2, 0) is 16.8 Å². The number of aromatic nitrogens is 4. The molecule has 0 amide bonds. The first-order chi connectivity index (χ1) is 8.41. The van der Waals surface area contributed by atoms with Crippen LogP contribution in [0.25, 0.3) is 0 Å². The number of nitrogens with one attached hydrogen (secondary N) is 1. The van der Waals surface area contributed by atoms with Gasteiger partial charge in [-0.3, -0.25) is 0 Å². The van der Waals surface area contributed by atoms with Crippen LogP contribution in [0.15, 0.2) is 0 Å². The zero-order valence-corrected chi connectivity index (χ0v) is 11.7. The smallest absolute Gasteiger partial charge is 0.165 e. The summed E-state index contributed by atoms with van der Waals surface area (Å²) in [6.07, 6.45) is 1.92. The Bertz CT molecular complexity index is 389. The molecular weight excluding hydrogens is 230 g/mol. The van der Waals surface area contributed by atoms with E-state index in [1.54, 1.807) is 0 Å². The lowest BCUT2D eigenvalue weighted by atomic mass is 9.92. The van der Waals surface area contributed by atoms with Crippen LogP contribution < -0.4 is 5.32 Å². The van der Waals surface area contributed by atoms with Crippen LogP contribution in [0.3, 0.4) is 0 Å². The molecule has 0 atom stereocenters. The molecule has 1 aliphatic heterocycles. The summed E-state index contributed by atoms with van der Waals surface area (Å²) in [4.78, 5) is 0. The van der Waals surface area contributed by atoms with Crippen LogP contribution in [0.2, 0.25) is 0 Å². The van der Waals surface area contributed by atoms with Crippen molar-refractivity contribution < 1.29 is 4.74 Å². The number of nitrogens with zero attached hydrogens (tertiary/aromatic N) is 4. The third-order valence-corrected chi connectivity index (χ3v) is 3.39. The Hall–Kier alpha value is -1.01. The van der Waals surface area contributed by atoms with Crippen molar-refractivity contribution in [1.82, 2.24) is 25.5 Å². The van der Waals surface area contributed by atoms with E-state index in [4.69, 9.17) is 4.74 Å². The summed E-state index contributed by atoms with van der Waals surface area (Å²) >= 11 is 0. The van der Waals surface area contributed by atoms with Gasteiger partial charge in [0.25, 0.3) is 0 Å². The Morgan fingerprint density at radius 1 is 1.33 bits per heavy atom. The summed E-state index contributed by atoms with van der Waals surface area (Å²) < 4.78 is 7.39. The van der Waals surface area contributed by atoms with E-state index in [-0.39, 0.29) is 11.1 Å². The van der Waals surface area contributed by atoms with Gasteiger partial charge in [-0.1, -0.05) is 0 Å². The third kappa shape index (κ3) is 3.05. The second-order valence-electron chi connectivity index (χ2n) is 6.22. The maximum Gasteiger partial charge on any atom is 0.165 e. The molecule has 2 rings (SSSR count). The first-order valence-electron chi connectivity index (χ1n) is 6.51. The van der Waals surface area contributed by atoms with Crippen molar-refractivity contribution in [3.8, 4) is 0 Å². The van der Waals surface area contributed by atoms with E-state index < -0.39 is 0 Å². The molecule has 0 unspecified atom stereocenters. The normalized spacial score (nSPS) is 20.0.